The molecule has 0 amide bonds. The van der Waals surface area contributed by atoms with E-state index in [9.17, 15) is 0 Å². The Morgan fingerprint density at radius 1 is 1.64 bits per heavy atom. The van der Waals surface area contributed by atoms with E-state index in [4.69, 9.17) is 4.74 Å². The molecule has 1 aromatic heterocycles. The highest BCUT2D eigenvalue weighted by Crippen LogP contribution is 2.22. The maximum absolute atomic E-state index is 5.12. The first-order valence-electron chi connectivity index (χ1n) is 3.02. The van der Waals surface area contributed by atoms with Gasteiger partial charge < -0.3 is 4.74 Å². The van der Waals surface area contributed by atoms with Crippen LogP contribution < -0.4 is 4.74 Å². The van der Waals surface area contributed by atoms with Crippen LogP contribution in [0.4, 0.5) is 0 Å². The van der Waals surface area contributed by atoms with Crippen LogP contribution in [0.1, 0.15) is 5.56 Å². The molecule has 0 N–H and O–H groups in total. The smallest absolute Gasteiger partial charge is 0.127 e. The van der Waals surface area contributed by atoms with Crippen LogP contribution in [0, 0.1) is 0 Å². The fraction of sp³-hybridized carbons (Fsp3) is 0.286. The number of hydrogen-bond acceptors (Lipinski definition) is 2. The normalized spacial score (nSPS) is 9.73. The molecule has 1 rings (SSSR count). The average Bonchev–Trinajstić information content (AvgIpc) is 2.04. The summed E-state index contributed by atoms with van der Waals surface area (Å²) in [5, 5.41) is 0.760. The molecule has 0 aliphatic heterocycles. The van der Waals surface area contributed by atoms with Crippen molar-refractivity contribution in [2.75, 3.05) is 7.11 Å². The Morgan fingerprint density at radius 2 is 2.36 bits per heavy atom. The van der Waals surface area contributed by atoms with Gasteiger partial charge in [-0.1, -0.05) is 15.9 Å². The number of hydrogen-bond donors (Lipinski definition) is 0. The predicted molar refractivity (Wildman–Crippen MR) is 51.1 cm³/mol. The maximum atomic E-state index is 5.12. The van der Waals surface area contributed by atoms with Crippen molar-refractivity contribution in [3.63, 3.8) is 0 Å². The molecule has 2 nitrogen and oxygen atoms in total. The van der Waals surface area contributed by atoms with Crippen LogP contribution in [-0.4, -0.2) is 12.1 Å². The zero-order chi connectivity index (χ0) is 8.27. The lowest BCUT2D eigenvalue weighted by atomic mass is 10.3. The highest BCUT2D eigenvalue weighted by Gasteiger charge is 2.01. The molecule has 0 fully saturated rings. The number of ether oxygens (including phenoxy) is 1. The van der Waals surface area contributed by atoms with Crippen molar-refractivity contribution in [1.82, 2.24) is 4.98 Å². The molecule has 4 heteroatoms. The Labute approximate surface area is 82.2 Å². The van der Waals surface area contributed by atoms with E-state index in [1.54, 1.807) is 13.3 Å². The van der Waals surface area contributed by atoms with Crippen molar-refractivity contribution in [1.29, 1.82) is 0 Å². The second-order valence-corrected chi connectivity index (χ2v) is 3.33. The maximum Gasteiger partial charge on any atom is 0.127 e. The zero-order valence-electron chi connectivity index (χ0n) is 5.97. The van der Waals surface area contributed by atoms with Gasteiger partial charge in [-0.15, -0.1) is 0 Å². The van der Waals surface area contributed by atoms with E-state index in [1.807, 2.05) is 6.07 Å². The molecular formula is C7H7Br2NO. The van der Waals surface area contributed by atoms with Crippen LogP contribution >= 0.6 is 31.9 Å². The minimum absolute atomic E-state index is 0.760. The first-order chi connectivity index (χ1) is 5.27. The van der Waals surface area contributed by atoms with Gasteiger partial charge in [0.05, 0.1) is 7.11 Å². The lowest BCUT2D eigenvalue weighted by molar-refractivity contribution is 0.410. The van der Waals surface area contributed by atoms with Crippen molar-refractivity contribution < 1.29 is 4.74 Å². The number of methoxy groups -OCH3 is 1. The van der Waals surface area contributed by atoms with Crippen molar-refractivity contribution in [2.24, 2.45) is 0 Å². The van der Waals surface area contributed by atoms with Gasteiger partial charge in [-0.25, -0.2) is 4.98 Å². The molecule has 0 spiro atoms. The van der Waals surface area contributed by atoms with Crippen molar-refractivity contribution in [2.45, 2.75) is 5.33 Å². The Balaban J connectivity index is 3.06. The fourth-order valence-corrected chi connectivity index (χ4v) is 1.46. The quantitative estimate of drug-likeness (QED) is 0.614. The van der Waals surface area contributed by atoms with Gasteiger partial charge in [0.15, 0.2) is 0 Å². The molecule has 0 unspecified atom stereocenters. The molecule has 0 radical (unpaired) electrons. The third-order valence-electron chi connectivity index (χ3n) is 1.27. The molecule has 60 valence electrons. The second-order valence-electron chi connectivity index (χ2n) is 1.95. The van der Waals surface area contributed by atoms with Crippen molar-refractivity contribution in [3.05, 3.63) is 22.4 Å². The molecule has 0 bridgehead atoms. The molecule has 0 aliphatic carbocycles. The summed E-state index contributed by atoms with van der Waals surface area (Å²) in [6, 6.07) is 1.84. The Bertz CT molecular complexity index is 252. The minimum Gasteiger partial charge on any atom is -0.496 e. The SMILES string of the molecule is COc1cc(Br)ncc1CBr. The summed E-state index contributed by atoms with van der Waals surface area (Å²) in [6.07, 6.45) is 1.78. The molecule has 1 heterocycles. The van der Waals surface area contributed by atoms with Gasteiger partial charge in [0, 0.05) is 23.2 Å². The predicted octanol–water partition coefficient (Wildman–Crippen LogP) is 2.75. The first kappa shape index (κ1) is 9.00. The number of aromatic nitrogens is 1. The van der Waals surface area contributed by atoms with E-state index in [2.05, 4.69) is 36.8 Å². The standard InChI is InChI=1S/C7H7Br2NO/c1-11-6-2-7(9)10-4-5(6)3-8/h2,4H,3H2,1H3. The highest BCUT2D eigenvalue weighted by molar-refractivity contribution is 9.10. The van der Waals surface area contributed by atoms with Gasteiger partial charge in [-0.05, 0) is 15.9 Å². The van der Waals surface area contributed by atoms with Crippen LogP contribution in [0.15, 0.2) is 16.9 Å². The van der Waals surface area contributed by atoms with E-state index >= 15 is 0 Å². The van der Waals surface area contributed by atoms with E-state index in [1.165, 1.54) is 0 Å². The number of halogens is 2. The molecule has 0 saturated heterocycles. The molecule has 1 aromatic rings. The minimum atomic E-state index is 0.760. The number of nitrogens with zero attached hydrogens (tertiary/aromatic N) is 1. The Morgan fingerprint density at radius 3 is 2.91 bits per heavy atom. The number of pyridine rings is 1. The largest absolute Gasteiger partial charge is 0.496 e. The van der Waals surface area contributed by atoms with Crippen LogP contribution in [0.3, 0.4) is 0 Å². The lowest BCUT2D eigenvalue weighted by Crippen LogP contribution is -1.90. The molecule has 0 aromatic carbocycles. The Kier molecular flexibility index (Phi) is 3.33. The van der Waals surface area contributed by atoms with E-state index < -0.39 is 0 Å². The molecule has 0 saturated carbocycles. The first-order valence-corrected chi connectivity index (χ1v) is 4.93. The Hall–Kier alpha value is -0.0900. The topological polar surface area (TPSA) is 22.1 Å². The van der Waals surface area contributed by atoms with E-state index in [0.29, 0.717) is 0 Å². The van der Waals surface area contributed by atoms with Gasteiger partial charge in [0.25, 0.3) is 0 Å². The molecule has 0 atom stereocenters. The summed E-state index contributed by atoms with van der Waals surface area (Å²) in [6.45, 7) is 0. The van der Waals surface area contributed by atoms with Gasteiger partial charge in [-0.3, -0.25) is 0 Å². The van der Waals surface area contributed by atoms with Crippen molar-refractivity contribution in [3.8, 4) is 5.75 Å². The molecular weight excluding hydrogens is 274 g/mol. The molecule has 11 heavy (non-hydrogen) atoms. The van der Waals surface area contributed by atoms with Gasteiger partial charge in [-0.2, -0.15) is 0 Å². The fourth-order valence-electron chi connectivity index (χ4n) is 0.732. The number of rotatable bonds is 2. The summed E-state index contributed by atoms with van der Waals surface area (Å²) >= 11 is 6.60. The highest BCUT2D eigenvalue weighted by atomic mass is 79.9. The van der Waals surface area contributed by atoms with Crippen LogP contribution in [0.2, 0.25) is 0 Å². The lowest BCUT2D eigenvalue weighted by Gasteiger charge is -2.04. The zero-order valence-corrected chi connectivity index (χ0v) is 9.15. The monoisotopic (exact) mass is 279 g/mol. The van der Waals surface area contributed by atoms with Gasteiger partial charge in [0.1, 0.15) is 10.4 Å². The summed E-state index contributed by atoms with van der Waals surface area (Å²) in [5.41, 5.74) is 1.05. The van der Waals surface area contributed by atoms with Crippen LogP contribution in [-0.2, 0) is 5.33 Å². The second kappa shape index (κ2) is 4.07. The summed E-state index contributed by atoms with van der Waals surface area (Å²) < 4.78 is 5.91. The third-order valence-corrected chi connectivity index (χ3v) is 2.31. The van der Waals surface area contributed by atoms with Gasteiger partial charge in [0.2, 0.25) is 0 Å². The number of alkyl halides is 1. The average molecular weight is 281 g/mol. The van der Waals surface area contributed by atoms with Crippen LogP contribution in [0.5, 0.6) is 5.75 Å². The van der Waals surface area contributed by atoms with Crippen molar-refractivity contribution >= 4 is 31.9 Å². The van der Waals surface area contributed by atoms with E-state index in [-0.39, 0.29) is 0 Å². The summed E-state index contributed by atoms with van der Waals surface area (Å²) in [5.74, 6) is 0.851. The van der Waals surface area contributed by atoms with Gasteiger partial charge >= 0.3 is 0 Å². The third kappa shape index (κ3) is 2.17. The van der Waals surface area contributed by atoms with Crippen LogP contribution in [0.25, 0.3) is 0 Å². The molecule has 0 aliphatic rings. The summed E-state index contributed by atoms with van der Waals surface area (Å²) in [4.78, 5) is 4.07. The van der Waals surface area contributed by atoms with E-state index in [0.717, 1.165) is 21.2 Å². The summed E-state index contributed by atoms with van der Waals surface area (Å²) in [7, 11) is 1.65.